The van der Waals surface area contributed by atoms with E-state index in [1.807, 2.05) is 51.1 Å². The summed E-state index contributed by atoms with van der Waals surface area (Å²) < 4.78 is 28.5. The summed E-state index contributed by atoms with van der Waals surface area (Å²) in [7, 11) is -4.12. The minimum Gasteiger partial charge on any atom is -0.352 e. The van der Waals surface area contributed by atoms with E-state index >= 15 is 0 Å². The number of sulfonamides is 1. The highest BCUT2D eigenvalue weighted by molar-refractivity contribution is 7.92. The topological polar surface area (TPSA) is 86.8 Å². The van der Waals surface area contributed by atoms with Crippen molar-refractivity contribution >= 4 is 39.1 Å². The summed E-state index contributed by atoms with van der Waals surface area (Å²) in [6.07, 6.45) is 0.361. The van der Waals surface area contributed by atoms with Crippen LogP contribution in [0.15, 0.2) is 89.8 Å². The molecule has 1 atom stereocenters. The molecule has 0 fully saturated rings. The molecule has 196 valence electrons. The Balaban J connectivity index is 2.04. The predicted octanol–water partition coefficient (Wildman–Crippen LogP) is 4.87. The number of rotatable bonds is 11. The molecule has 0 radical (unpaired) electrons. The number of carbonyl (C=O) groups excluding carboxylic acids is 2. The minimum absolute atomic E-state index is 0.0435. The minimum atomic E-state index is -4.12. The molecule has 0 bridgehead atoms. The van der Waals surface area contributed by atoms with Gasteiger partial charge in [0, 0.05) is 17.6 Å². The van der Waals surface area contributed by atoms with Gasteiger partial charge in [-0.25, -0.2) is 8.42 Å². The van der Waals surface area contributed by atoms with E-state index in [1.165, 1.54) is 23.1 Å². The lowest BCUT2D eigenvalue weighted by Crippen LogP contribution is -2.53. The fraction of sp³-hybridized carbons (Fsp3) is 0.286. The van der Waals surface area contributed by atoms with Gasteiger partial charge in [0.05, 0.1) is 10.6 Å². The number of anilines is 1. The lowest BCUT2D eigenvalue weighted by atomic mass is 10.1. The lowest BCUT2D eigenvalue weighted by molar-refractivity contribution is -0.140. The maximum atomic E-state index is 13.9. The summed E-state index contributed by atoms with van der Waals surface area (Å²) in [5.41, 5.74) is 1.08. The van der Waals surface area contributed by atoms with E-state index in [4.69, 9.17) is 11.6 Å². The zero-order valence-electron chi connectivity index (χ0n) is 21.2. The summed E-state index contributed by atoms with van der Waals surface area (Å²) in [6.45, 7) is 5.17. The average molecular weight is 542 g/mol. The second-order valence-corrected chi connectivity index (χ2v) is 11.2. The highest BCUT2D eigenvalue weighted by Crippen LogP contribution is 2.27. The monoisotopic (exact) mass is 541 g/mol. The van der Waals surface area contributed by atoms with Gasteiger partial charge in [-0.15, -0.1) is 0 Å². The molecule has 3 aromatic rings. The molecule has 0 aliphatic rings. The van der Waals surface area contributed by atoms with Crippen molar-refractivity contribution in [1.82, 2.24) is 10.2 Å². The Labute approximate surface area is 224 Å². The van der Waals surface area contributed by atoms with Gasteiger partial charge in [0.15, 0.2) is 0 Å². The molecule has 37 heavy (non-hydrogen) atoms. The second kappa shape index (κ2) is 12.7. The molecule has 2 amide bonds. The summed E-state index contributed by atoms with van der Waals surface area (Å²) in [4.78, 5) is 28.5. The van der Waals surface area contributed by atoms with Crippen molar-refractivity contribution in [2.24, 2.45) is 0 Å². The molecular formula is C28H32ClN3O4S. The quantitative estimate of drug-likeness (QED) is 0.375. The van der Waals surface area contributed by atoms with Crippen LogP contribution in [0.3, 0.4) is 0 Å². The zero-order chi connectivity index (χ0) is 27.0. The van der Waals surface area contributed by atoms with Crippen LogP contribution < -0.4 is 9.62 Å². The van der Waals surface area contributed by atoms with Crippen LogP contribution in [0, 0.1) is 0 Å². The van der Waals surface area contributed by atoms with E-state index in [1.54, 1.807) is 36.4 Å². The highest BCUT2D eigenvalue weighted by atomic mass is 35.5. The largest absolute Gasteiger partial charge is 0.352 e. The van der Waals surface area contributed by atoms with Crippen molar-refractivity contribution in [1.29, 1.82) is 0 Å². The number of hydrogen-bond donors (Lipinski definition) is 1. The number of nitrogens with zero attached hydrogens (tertiary/aromatic N) is 2. The van der Waals surface area contributed by atoms with Crippen molar-refractivity contribution in [3.8, 4) is 0 Å². The zero-order valence-corrected chi connectivity index (χ0v) is 22.7. The first-order valence-electron chi connectivity index (χ1n) is 12.1. The smallest absolute Gasteiger partial charge is 0.264 e. The molecule has 0 aromatic heterocycles. The lowest BCUT2D eigenvalue weighted by Gasteiger charge is -2.33. The van der Waals surface area contributed by atoms with E-state index in [0.29, 0.717) is 11.4 Å². The van der Waals surface area contributed by atoms with Crippen molar-refractivity contribution < 1.29 is 18.0 Å². The third-order valence-corrected chi connectivity index (χ3v) is 7.74. The normalized spacial score (nSPS) is 12.1. The van der Waals surface area contributed by atoms with E-state index in [2.05, 4.69) is 5.32 Å². The van der Waals surface area contributed by atoms with Crippen LogP contribution >= 0.6 is 11.6 Å². The van der Waals surface area contributed by atoms with Gasteiger partial charge in [-0.05, 0) is 56.2 Å². The number of benzene rings is 3. The molecule has 7 nitrogen and oxygen atoms in total. The van der Waals surface area contributed by atoms with E-state index in [9.17, 15) is 18.0 Å². The molecule has 0 saturated heterocycles. The third kappa shape index (κ3) is 7.33. The molecular weight excluding hydrogens is 510 g/mol. The van der Waals surface area contributed by atoms with E-state index in [-0.39, 0.29) is 29.1 Å². The van der Waals surface area contributed by atoms with Crippen LogP contribution in [0.5, 0.6) is 0 Å². The van der Waals surface area contributed by atoms with Crippen LogP contribution in [0.2, 0.25) is 5.02 Å². The Bertz CT molecular complexity index is 1300. The number of hydrogen-bond acceptors (Lipinski definition) is 4. The van der Waals surface area contributed by atoms with Gasteiger partial charge >= 0.3 is 0 Å². The molecule has 0 heterocycles. The third-order valence-electron chi connectivity index (χ3n) is 5.72. The molecule has 0 spiro atoms. The van der Waals surface area contributed by atoms with Gasteiger partial charge < -0.3 is 10.2 Å². The Morgan fingerprint density at radius 2 is 1.54 bits per heavy atom. The van der Waals surface area contributed by atoms with Crippen molar-refractivity contribution in [2.75, 3.05) is 10.8 Å². The molecule has 9 heteroatoms. The van der Waals surface area contributed by atoms with Crippen LogP contribution in [0.25, 0.3) is 0 Å². The molecule has 0 aliphatic heterocycles. The van der Waals surface area contributed by atoms with Crippen LogP contribution in [0.1, 0.15) is 32.8 Å². The molecule has 1 unspecified atom stereocenters. The van der Waals surface area contributed by atoms with E-state index in [0.717, 1.165) is 9.87 Å². The van der Waals surface area contributed by atoms with Gasteiger partial charge in [-0.1, -0.05) is 73.1 Å². The van der Waals surface area contributed by atoms with Gasteiger partial charge in [0.2, 0.25) is 11.8 Å². The fourth-order valence-electron chi connectivity index (χ4n) is 3.96. The molecule has 3 rings (SSSR count). The van der Waals surface area contributed by atoms with Gasteiger partial charge in [-0.2, -0.15) is 0 Å². The first kappa shape index (κ1) is 28.2. The van der Waals surface area contributed by atoms with Crippen molar-refractivity contribution in [2.45, 2.75) is 50.7 Å². The SMILES string of the molecule is CCC(C(=O)NC(C)C)N(Cc1ccccc1)C(=O)CN(c1cccc(Cl)c1)S(=O)(=O)c1ccccc1. The van der Waals surface area contributed by atoms with Crippen LogP contribution in [-0.2, 0) is 26.2 Å². The Morgan fingerprint density at radius 1 is 0.919 bits per heavy atom. The maximum Gasteiger partial charge on any atom is 0.264 e. The fourth-order valence-corrected chi connectivity index (χ4v) is 5.57. The van der Waals surface area contributed by atoms with Gasteiger partial charge in [0.1, 0.15) is 12.6 Å². The number of nitrogens with one attached hydrogen (secondary N) is 1. The van der Waals surface area contributed by atoms with Crippen LogP contribution in [-0.4, -0.2) is 43.8 Å². The van der Waals surface area contributed by atoms with Crippen LogP contribution in [0.4, 0.5) is 5.69 Å². The molecule has 0 saturated carbocycles. The first-order chi connectivity index (χ1) is 17.6. The maximum absolute atomic E-state index is 13.9. The number of halogens is 1. The first-order valence-corrected chi connectivity index (χ1v) is 13.9. The summed E-state index contributed by atoms with van der Waals surface area (Å²) >= 11 is 6.18. The number of carbonyl (C=O) groups is 2. The Kier molecular flexibility index (Phi) is 9.72. The summed E-state index contributed by atoms with van der Waals surface area (Å²) in [5, 5.41) is 3.22. The average Bonchev–Trinajstić information content (AvgIpc) is 2.87. The Morgan fingerprint density at radius 3 is 2.11 bits per heavy atom. The standard InChI is InChI=1S/C28H32ClN3O4S/c1-4-26(28(34)30-21(2)3)31(19-22-12-7-5-8-13-22)27(33)20-32(24-15-11-14-23(29)18-24)37(35,36)25-16-9-6-10-17-25/h5-18,21,26H,4,19-20H2,1-3H3,(H,30,34). The van der Waals surface area contributed by atoms with E-state index < -0.39 is 28.5 Å². The summed E-state index contributed by atoms with van der Waals surface area (Å²) in [5.74, 6) is -0.795. The van der Waals surface area contributed by atoms with Gasteiger partial charge in [-0.3, -0.25) is 13.9 Å². The van der Waals surface area contributed by atoms with Crippen molar-refractivity contribution in [3.63, 3.8) is 0 Å². The summed E-state index contributed by atoms with van der Waals surface area (Å²) in [6, 6.07) is 22.7. The Hall–Kier alpha value is -3.36. The number of amides is 2. The molecule has 3 aromatic carbocycles. The van der Waals surface area contributed by atoms with Gasteiger partial charge in [0.25, 0.3) is 10.0 Å². The predicted molar refractivity (Wildman–Crippen MR) is 147 cm³/mol. The molecule has 0 aliphatic carbocycles. The highest BCUT2D eigenvalue weighted by Gasteiger charge is 2.33. The second-order valence-electron chi connectivity index (χ2n) is 8.90. The van der Waals surface area contributed by atoms with Crippen molar-refractivity contribution in [3.05, 3.63) is 95.5 Å². The molecule has 1 N–H and O–H groups in total.